The van der Waals surface area contributed by atoms with Crippen molar-refractivity contribution in [2.24, 2.45) is 0 Å². The van der Waals surface area contributed by atoms with E-state index in [0.717, 1.165) is 20.9 Å². The fourth-order valence-electron chi connectivity index (χ4n) is 1.77. The van der Waals surface area contributed by atoms with E-state index in [9.17, 15) is 0 Å². The molecule has 1 unspecified atom stereocenters. The van der Waals surface area contributed by atoms with Crippen LogP contribution in [0.5, 0.6) is 0 Å². The van der Waals surface area contributed by atoms with Gasteiger partial charge in [-0.05, 0) is 34.5 Å². The van der Waals surface area contributed by atoms with Crippen LogP contribution in [0.25, 0.3) is 0 Å². The van der Waals surface area contributed by atoms with Gasteiger partial charge < -0.3 is 4.90 Å². The van der Waals surface area contributed by atoms with E-state index in [0.29, 0.717) is 0 Å². The van der Waals surface area contributed by atoms with Crippen molar-refractivity contribution < 1.29 is 0 Å². The largest absolute Gasteiger partial charge is 0.352 e. The number of benzene rings is 1. The van der Waals surface area contributed by atoms with Gasteiger partial charge in [-0.3, -0.25) is 0 Å². The molecule has 0 aliphatic carbocycles. The summed E-state index contributed by atoms with van der Waals surface area (Å²) in [6.07, 6.45) is 3.27. The van der Waals surface area contributed by atoms with E-state index in [1.807, 2.05) is 31.3 Å². The van der Waals surface area contributed by atoms with Gasteiger partial charge in [0.25, 0.3) is 0 Å². The van der Waals surface area contributed by atoms with Gasteiger partial charge in [0, 0.05) is 18.3 Å². The van der Waals surface area contributed by atoms with Crippen LogP contribution in [0.3, 0.4) is 0 Å². The molecule has 0 aliphatic heterocycles. The van der Waals surface area contributed by atoms with Crippen molar-refractivity contribution in [1.82, 2.24) is 9.97 Å². The molecule has 0 aliphatic rings. The Morgan fingerprint density at radius 3 is 2.72 bits per heavy atom. The van der Waals surface area contributed by atoms with Crippen molar-refractivity contribution in [1.29, 1.82) is 0 Å². The summed E-state index contributed by atoms with van der Waals surface area (Å²) in [5.74, 6) is 0.845. The van der Waals surface area contributed by atoms with Crippen LogP contribution in [-0.4, -0.2) is 17.0 Å². The molecule has 0 saturated heterocycles. The number of aromatic nitrogens is 2. The van der Waals surface area contributed by atoms with Crippen LogP contribution in [0.1, 0.15) is 18.5 Å². The molecule has 1 heterocycles. The number of nitrogens with zero attached hydrogens (tertiary/aromatic N) is 3. The van der Waals surface area contributed by atoms with E-state index in [4.69, 9.17) is 11.6 Å². The average molecular weight is 327 g/mol. The summed E-state index contributed by atoms with van der Waals surface area (Å²) in [4.78, 5) is 10.3. The van der Waals surface area contributed by atoms with Crippen molar-refractivity contribution >= 4 is 33.3 Å². The van der Waals surface area contributed by atoms with Gasteiger partial charge >= 0.3 is 0 Å². The molecule has 1 aromatic heterocycles. The van der Waals surface area contributed by atoms with Crippen molar-refractivity contribution in [3.63, 3.8) is 0 Å². The molecule has 0 saturated carbocycles. The lowest BCUT2D eigenvalue weighted by Crippen LogP contribution is -2.23. The summed E-state index contributed by atoms with van der Waals surface area (Å²) in [5.41, 5.74) is 1.08. The maximum absolute atomic E-state index is 6.22. The number of hydrogen-bond donors (Lipinski definition) is 0. The Kier molecular flexibility index (Phi) is 4.19. The molecule has 1 aromatic carbocycles. The number of hydrogen-bond acceptors (Lipinski definition) is 3. The lowest BCUT2D eigenvalue weighted by Gasteiger charge is -2.27. The van der Waals surface area contributed by atoms with E-state index in [1.54, 1.807) is 6.20 Å². The Morgan fingerprint density at radius 1 is 1.33 bits per heavy atom. The van der Waals surface area contributed by atoms with Gasteiger partial charge in [0.1, 0.15) is 12.1 Å². The van der Waals surface area contributed by atoms with Gasteiger partial charge in [-0.15, -0.1) is 0 Å². The van der Waals surface area contributed by atoms with Crippen LogP contribution >= 0.6 is 27.5 Å². The van der Waals surface area contributed by atoms with Gasteiger partial charge in [0.05, 0.1) is 10.5 Å². The Morgan fingerprint density at radius 2 is 2.06 bits per heavy atom. The number of rotatable bonds is 3. The smallest absolute Gasteiger partial charge is 0.146 e. The third kappa shape index (κ3) is 2.65. The molecule has 0 spiro atoms. The molecule has 2 rings (SSSR count). The molecular weight excluding hydrogens is 314 g/mol. The minimum atomic E-state index is 0.130. The normalized spacial score (nSPS) is 12.2. The van der Waals surface area contributed by atoms with E-state index in [-0.39, 0.29) is 6.04 Å². The van der Waals surface area contributed by atoms with Crippen LogP contribution in [0, 0.1) is 0 Å². The van der Waals surface area contributed by atoms with Crippen LogP contribution in [0.15, 0.2) is 41.3 Å². The topological polar surface area (TPSA) is 29.0 Å². The van der Waals surface area contributed by atoms with Crippen molar-refractivity contribution in [2.75, 3.05) is 11.9 Å². The summed E-state index contributed by atoms with van der Waals surface area (Å²) in [6.45, 7) is 2.09. The fourth-order valence-corrected chi connectivity index (χ4v) is 2.57. The molecule has 1 atom stereocenters. The standard InChI is InChI=1S/C13H13BrClN3/c1-9(10-5-3-4-6-12(10)15)18(2)13-11(14)7-16-8-17-13/h3-9H,1-2H3. The monoisotopic (exact) mass is 325 g/mol. The first-order chi connectivity index (χ1) is 8.61. The third-order valence-corrected chi connectivity index (χ3v) is 3.82. The highest BCUT2D eigenvalue weighted by Crippen LogP contribution is 2.31. The highest BCUT2D eigenvalue weighted by Gasteiger charge is 2.17. The first kappa shape index (κ1) is 13.3. The van der Waals surface area contributed by atoms with Crippen LogP contribution in [0.4, 0.5) is 5.82 Å². The SMILES string of the molecule is CC(c1ccccc1Cl)N(C)c1ncncc1Br. The summed E-state index contributed by atoms with van der Waals surface area (Å²) >= 11 is 9.68. The highest BCUT2D eigenvalue weighted by atomic mass is 79.9. The first-order valence-corrected chi connectivity index (χ1v) is 6.71. The molecule has 0 bridgehead atoms. The minimum Gasteiger partial charge on any atom is -0.352 e. The summed E-state index contributed by atoms with van der Waals surface area (Å²) in [7, 11) is 1.99. The van der Waals surface area contributed by atoms with Crippen LogP contribution in [-0.2, 0) is 0 Å². The second-order valence-corrected chi connectivity index (χ2v) is 5.26. The van der Waals surface area contributed by atoms with E-state index in [1.165, 1.54) is 6.33 Å². The summed E-state index contributed by atoms with van der Waals surface area (Å²) in [5, 5.41) is 0.766. The second-order valence-electron chi connectivity index (χ2n) is 4.00. The van der Waals surface area contributed by atoms with Gasteiger partial charge in [0.2, 0.25) is 0 Å². The highest BCUT2D eigenvalue weighted by molar-refractivity contribution is 9.10. The lowest BCUT2D eigenvalue weighted by atomic mass is 10.1. The van der Waals surface area contributed by atoms with E-state index >= 15 is 0 Å². The summed E-state index contributed by atoms with van der Waals surface area (Å²) < 4.78 is 0.867. The van der Waals surface area contributed by atoms with Gasteiger partial charge in [-0.2, -0.15) is 0 Å². The maximum atomic E-state index is 6.22. The zero-order valence-electron chi connectivity index (χ0n) is 10.1. The Balaban J connectivity index is 2.33. The third-order valence-electron chi connectivity index (χ3n) is 2.92. The quantitative estimate of drug-likeness (QED) is 0.850. The number of anilines is 1. The lowest BCUT2D eigenvalue weighted by molar-refractivity contribution is 0.725. The fraction of sp³-hybridized carbons (Fsp3) is 0.231. The average Bonchev–Trinajstić information content (AvgIpc) is 2.38. The number of halogens is 2. The molecular formula is C13H13BrClN3. The Bertz CT molecular complexity index is 498. The maximum Gasteiger partial charge on any atom is 0.146 e. The molecule has 3 nitrogen and oxygen atoms in total. The molecule has 18 heavy (non-hydrogen) atoms. The van der Waals surface area contributed by atoms with Gasteiger partial charge in [-0.1, -0.05) is 29.8 Å². The molecule has 0 radical (unpaired) electrons. The van der Waals surface area contributed by atoms with Gasteiger partial charge in [0.15, 0.2) is 0 Å². The van der Waals surface area contributed by atoms with E-state index in [2.05, 4.69) is 37.7 Å². The van der Waals surface area contributed by atoms with Crippen molar-refractivity contribution in [2.45, 2.75) is 13.0 Å². The summed E-state index contributed by atoms with van der Waals surface area (Å²) in [6, 6.07) is 7.97. The van der Waals surface area contributed by atoms with Crippen LogP contribution in [0.2, 0.25) is 5.02 Å². The zero-order valence-corrected chi connectivity index (χ0v) is 12.5. The second kappa shape index (κ2) is 5.67. The first-order valence-electron chi connectivity index (χ1n) is 5.54. The predicted octanol–water partition coefficient (Wildman–Crippen LogP) is 4.09. The molecule has 0 fully saturated rings. The Hall–Kier alpha value is -1.13. The van der Waals surface area contributed by atoms with Crippen LogP contribution < -0.4 is 4.90 Å². The molecule has 2 aromatic rings. The Labute approximate surface area is 120 Å². The minimum absolute atomic E-state index is 0.130. The predicted molar refractivity (Wildman–Crippen MR) is 78.0 cm³/mol. The zero-order chi connectivity index (χ0) is 13.1. The van der Waals surface area contributed by atoms with E-state index < -0.39 is 0 Å². The van der Waals surface area contributed by atoms with Crippen molar-refractivity contribution in [3.05, 3.63) is 51.8 Å². The molecule has 0 N–H and O–H groups in total. The van der Waals surface area contributed by atoms with Crippen molar-refractivity contribution in [3.8, 4) is 0 Å². The molecule has 5 heteroatoms. The molecule has 0 amide bonds. The molecule has 94 valence electrons. The van der Waals surface area contributed by atoms with Gasteiger partial charge in [-0.25, -0.2) is 9.97 Å².